The molecule has 0 bridgehead atoms. The third-order valence-electron chi connectivity index (χ3n) is 3.62. The predicted molar refractivity (Wildman–Crippen MR) is 64.1 cm³/mol. The molecule has 0 radical (unpaired) electrons. The number of aliphatic carboxylic acids is 1. The first-order valence-electron chi connectivity index (χ1n) is 6.52. The topological polar surface area (TPSA) is 53.0 Å². The number of carboxylic acids is 1. The van der Waals surface area contributed by atoms with Gasteiger partial charge in [0.1, 0.15) is 0 Å². The standard InChI is InChI=1S/C12H22N2O3/c15-12(16)10-14-7-5-13(6-8-14)4-3-11-2-1-9-17-11/h11H,1-10H2,(H,15,16). The van der Waals surface area contributed by atoms with E-state index in [1.165, 1.54) is 12.8 Å². The molecule has 0 amide bonds. The molecule has 1 atom stereocenters. The van der Waals surface area contributed by atoms with Crippen LogP contribution in [0.2, 0.25) is 0 Å². The lowest BCUT2D eigenvalue weighted by atomic mass is 10.1. The van der Waals surface area contributed by atoms with E-state index < -0.39 is 5.97 Å². The Bertz CT molecular complexity index is 246. The van der Waals surface area contributed by atoms with Crippen molar-refractivity contribution in [1.82, 2.24) is 9.80 Å². The van der Waals surface area contributed by atoms with Gasteiger partial charge in [0.2, 0.25) is 0 Å². The third-order valence-corrected chi connectivity index (χ3v) is 3.62. The highest BCUT2D eigenvalue weighted by Crippen LogP contribution is 2.16. The van der Waals surface area contributed by atoms with Crippen molar-refractivity contribution in [3.63, 3.8) is 0 Å². The van der Waals surface area contributed by atoms with Crippen LogP contribution in [0.25, 0.3) is 0 Å². The molecule has 2 saturated heterocycles. The van der Waals surface area contributed by atoms with E-state index in [2.05, 4.69) is 4.90 Å². The highest BCUT2D eigenvalue weighted by molar-refractivity contribution is 5.69. The maximum absolute atomic E-state index is 10.6. The van der Waals surface area contributed by atoms with E-state index in [1.54, 1.807) is 0 Å². The van der Waals surface area contributed by atoms with Crippen LogP contribution in [0.3, 0.4) is 0 Å². The monoisotopic (exact) mass is 242 g/mol. The Morgan fingerprint density at radius 2 is 1.94 bits per heavy atom. The second kappa shape index (κ2) is 6.33. The Hall–Kier alpha value is -0.650. The summed E-state index contributed by atoms with van der Waals surface area (Å²) in [6.07, 6.45) is 4.00. The van der Waals surface area contributed by atoms with Gasteiger partial charge in [-0.25, -0.2) is 0 Å². The molecule has 1 unspecified atom stereocenters. The summed E-state index contributed by atoms with van der Waals surface area (Å²) in [5.74, 6) is -0.724. The van der Waals surface area contributed by atoms with Gasteiger partial charge in [-0.05, 0) is 19.3 Å². The molecule has 0 aliphatic carbocycles. The summed E-state index contributed by atoms with van der Waals surface area (Å²) in [7, 11) is 0. The molecule has 98 valence electrons. The maximum Gasteiger partial charge on any atom is 0.317 e. The number of piperazine rings is 1. The van der Waals surface area contributed by atoms with Crippen LogP contribution in [0, 0.1) is 0 Å². The van der Waals surface area contributed by atoms with Gasteiger partial charge < -0.3 is 14.7 Å². The van der Waals surface area contributed by atoms with Crippen LogP contribution in [0.1, 0.15) is 19.3 Å². The largest absolute Gasteiger partial charge is 0.480 e. The van der Waals surface area contributed by atoms with Crippen molar-refractivity contribution < 1.29 is 14.6 Å². The molecule has 2 fully saturated rings. The van der Waals surface area contributed by atoms with Gasteiger partial charge in [0, 0.05) is 39.3 Å². The minimum Gasteiger partial charge on any atom is -0.480 e. The fraction of sp³-hybridized carbons (Fsp3) is 0.917. The number of nitrogens with zero attached hydrogens (tertiary/aromatic N) is 2. The number of hydrogen-bond donors (Lipinski definition) is 1. The molecule has 0 aromatic rings. The van der Waals surface area contributed by atoms with Crippen LogP contribution in [0.15, 0.2) is 0 Å². The molecule has 5 heteroatoms. The fourth-order valence-corrected chi connectivity index (χ4v) is 2.56. The predicted octanol–water partition coefficient (Wildman–Crippen LogP) is 0.258. The lowest BCUT2D eigenvalue weighted by Crippen LogP contribution is -2.48. The Labute approximate surface area is 102 Å². The van der Waals surface area contributed by atoms with E-state index in [0.717, 1.165) is 45.8 Å². The molecule has 17 heavy (non-hydrogen) atoms. The summed E-state index contributed by atoms with van der Waals surface area (Å²) in [5.41, 5.74) is 0. The Balaban J connectivity index is 1.60. The fourth-order valence-electron chi connectivity index (χ4n) is 2.56. The minimum atomic E-state index is -0.724. The molecular weight excluding hydrogens is 220 g/mol. The first-order chi connectivity index (χ1) is 8.24. The SMILES string of the molecule is O=C(O)CN1CCN(CCC2CCCO2)CC1. The molecule has 2 rings (SSSR count). The lowest BCUT2D eigenvalue weighted by molar-refractivity contribution is -0.138. The molecule has 0 aromatic carbocycles. The van der Waals surface area contributed by atoms with Crippen LogP contribution in [-0.4, -0.2) is 72.9 Å². The smallest absolute Gasteiger partial charge is 0.317 e. The first kappa shape index (κ1) is 12.8. The van der Waals surface area contributed by atoms with Crippen molar-refractivity contribution in [1.29, 1.82) is 0 Å². The van der Waals surface area contributed by atoms with Gasteiger partial charge in [-0.15, -0.1) is 0 Å². The summed E-state index contributed by atoms with van der Waals surface area (Å²) in [5, 5.41) is 8.71. The average molecular weight is 242 g/mol. The molecule has 0 saturated carbocycles. The van der Waals surface area contributed by atoms with E-state index in [-0.39, 0.29) is 6.54 Å². The van der Waals surface area contributed by atoms with Gasteiger partial charge in [-0.2, -0.15) is 0 Å². The van der Waals surface area contributed by atoms with Crippen LogP contribution >= 0.6 is 0 Å². The zero-order valence-electron chi connectivity index (χ0n) is 10.3. The molecule has 0 spiro atoms. The third kappa shape index (κ3) is 4.26. The molecule has 5 nitrogen and oxygen atoms in total. The highest BCUT2D eigenvalue weighted by atomic mass is 16.5. The molecule has 2 aliphatic heterocycles. The minimum absolute atomic E-state index is 0.180. The van der Waals surface area contributed by atoms with Crippen LogP contribution in [0.4, 0.5) is 0 Å². The normalized spacial score (nSPS) is 27.4. The van der Waals surface area contributed by atoms with Crippen molar-refractivity contribution in [3.8, 4) is 0 Å². The van der Waals surface area contributed by atoms with Crippen molar-refractivity contribution >= 4 is 5.97 Å². The summed E-state index contributed by atoms with van der Waals surface area (Å²) in [6, 6.07) is 0. The summed E-state index contributed by atoms with van der Waals surface area (Å²) in [4.78, 5) is 15.0. The Kier molecular flexibility index (Phi) is 4.76. The van der Waals surface area contributed by atoms with Gasteiger partial charge in [0.05, 0.1) is 12.6 Å². The Morgan fingerprint density at radius 1 is 1.24 bits per heavy atom. The molecular formula is C12H22N2O3. The average Bonchev–Trinajstić information content (AvgIpc) is 2.80. The zero-order valence-corrected chi connectivity index (χ0v) is 10.3. The zero-order chi connectivity index (χ0) is 12.1. The van der Waals surface area contributed by atoms with Crippen molar-refractivity contribution in [3.05, 3.63) is 0 Å². The summed E-state index contributed by atoms with van der Waals surface area (Å²) < 4.78 is 5.60. The molecule has 2 heterocycles. The quantitative estimate of drug-likeness (QED) is 0.749. The van der Waals surface area contributed by atoms with Crippen LogP contribution < -0.4 is 0 Å². The van der Waals surface area contributed by atoms with Crippen molar-refractivity contribution in [2.75, 3.05) is 45.9 Å². The van der Waals surface area contributed by atoms with E-state index in [4.69, 9.17) is 9.84 Å². The number of carbonyl (C=O) groups is 1. The number of ether oxygens (including phenoxy) is 1. The van der Waals surface area contributed by atoms with Crippen LogP contribution in [-0.2, 0) is 9.53 Å². The van der Waals surface area contributed by atoms with Crippen LogP contribution in [0.5, 0.6) is 0 Å². The van der Waals surface area contributed by atoms with Gasteiger partial charge in [0.15, 0.2) is 0 Å². The number of rotatable bonds is 5. The maximum atomic E-state index is 10.6. The molecule has 0 aromatic heterocycles. The second-order valence-corrected chi connectivity index (χ2v) is 4.94. The van der Waals surface area contributed by atoms with E-state index in [0.29, 0.717) is 6.10 Å². The van der Waals surface area contributed by atoms with Gasteiger partial charge >= 0.3 is 5.97 Å². The van der Waals surface area contributed by atoms with Gasteiger partial charge in [0.25, 0.3) is 0 Å². The van der Waals surface area contributed by atoms with E-state index >= 15 is 0 Å². The summed E-state index contributed by atoms with van der Waals surface area (Å²) in [6.45, 7) is 5.91. The molecule has 2 aliphatic rings. The number of carboxylic acid groups (broad SMARTS) is 1. The number of hydrogen-bond acceptors (Lipinski definition) is 4. The highest BCUT2D eigenvalue weighted by Gasteiger charge is 2.21. The summed E-state index contributed by atoms with van der Waals surface area (Å²) >= 11 is 0. The van der Waals surface area contributed by atoms with Crippen molar-refractivity contribution in [2.24, 2.45) is 0 Å². The molecule has 1 N–H and O–H groups in total. The Morgan fingerprint density at radius 3 is 2.53 bits per heavy atom. The van der Waals surface area contributed by atoms with E-state index in [1.807, 2.05) is 4.90 Å². The van der Waals surface area contributed by atoms with Gasteiger partial charge in [-0.3, -0.25) is 9.69 Å². The van der Waals surface area contributed by atoms with Crippen molar-refractivity contribution in [2.45, 2.75) is 25.4 Å². The first-order valence-corrected chi connectivity index (χ1v) is 6.52. The lowest BCUT2D eigenvalue weighted by Gasteiger charge is -2.34. The van der Waals surface area contributed by atoms with E-state index in [9.17, 15) is 4.79 Å². The van der Waals surface area contributed by atoms with Gasteiger partial charge in [-0.1, -0.05) is 0 Å². The second-order valence-electron chi connectivity index (χ2n) is 4.94.